The highest BCUT2D eigenvalue weighted by Gasteiger charge is 2.35. The smallest absolute Gasteiger partial charge is 0.193 e. The van der Waals surface area contributed by atoms with Gasteiger partial charge in [-0.25, -0.2) is 4.98 Å². The molecular formula is C15H14N2OS. The predicted molar refractivity (Wildman–Crippen MR) is 75.6 cm³/mol. The number of hydrogen-bond acceptors (Lipinski definition) is 3. The number of nitrogens with zero attached hydrogens (tertiary/aromatic N) is 2. The lowest BCUT2D eigenvalue weighted by molar-refractivity contribution is 0.0509. The zero-order valence-corrected chi connectivity index (χ0v) is 11.2. The third kappa shape index (κ3) is 1.88. The average Bonchev–Trinajstić information content (AvgIpc) is 2.99. The molecule has 1 aliphatic carbocycles. The Morgan fingerprint density at radius 1 is 1.26 bits per heavy atom. The molecule has 0 radical (unpaired) electrons. The topological polar surface area (TPSA) is 37.5 Å². The molecule has 1 N–H and O–H groups in total. The van der Waals surface area contributed by atoms with E-state index in [2.05, 4.69) is 17.1 Å². The Morgan fingerprint density at radius 2 is 2.00 bits per heavy atom. The van der Waals surface area contributed by atoms with Crippen molar-refractivity contribution in [2.75, 3.05) is 0 Å². The molecule has 0 atom stereocenters. The maximum atomic E-state index is 10.8. The van der Waals surface area contributed by atoms with Gasteiger partial charge in [-0.05, 0) is 11.1 Å². The minimum absolute atomic E-state index is 0.621. The summed E-state index contributed by atoms with van der Waals surface area (Å²) in [5.41, 5.74) is 2.84. The van der Waals surface area contributed by atoms with Crippen molar-refractivity contribution < 1.29 is 5.11 Å². The molecule has 0 amide bonds. The summed E-state index contributed by atoms with van der Waals surface area (Å²) in [6.45, 7) is 0. The van der Waals surface area contributed by atoms with E-state index in [0.717, 1.165) is 23.5 Å². The highest BCUT2D eigenvalue weighted by molar-refractivity contribution is 7.15. The maximum Gasteiger partial charge on any atom is 0.193 e. The van der Waals surface area contributed by atoms with E-state index in [1.807, 2.05) is 34.3 Å². The zero-order valence-electron chi connectivity index (χ0n) is 10.4. The Labute approximate surface area is 115 Å². The summed E-state index contributed by atoms with van der Waals surface area (Å²) in [5, 5.41) is 12.8. The Kier molecular flexibility index (Phi) is 2.31. The van der Waals surface area contributed by atoms with Crippen LogP contribution in [0.5, 0.6) is 0 Å². The van der Waals surface area contributed by atoms with Crippen molar-refractivity contribution in [1.29, 1.82) is 0 Å². The first-order chi connectivity index (χ1) is 9.22. The molecule has 0 spiro atoms. The molecule has 4 heteroatoms. The van der Waals surface area contributed by atoms with E-state index in [1.165, 1.54) is 11.1 Å². The number of imidazole rings is 1. The van der Waals surface area contributed by atoms with Crippen molar-refractivity contribution >= 4 is 16.3 Å². The molecule has 19 heavy (non-hydrogen) atoms. The Morgan fingerprint density at radius 3 is 2.68 bits per heavy atom. The largest absolute Gasteiger partial charge is 0.389 e. The molecule has 96 valence electrons. The lowest BCUT2D eigenvalue weighted by Crippen LogP contribution is -2.32. The van der Waals surface area contributed by atoms with E-state index in [1.54, 1.807) is 11.3 Å². The van der Waals surface area contributed by atoms with Crippen molar-refractivity contribution in [2.24, 2.45) is 0 Å². The van der Waals surface area contributed by atoms with Crippen molar-refractivity contribution in [3.05, 3.63) is 58.9 Å². The second-order valence-corrected chi connectivity index (χ2v) is 6.22. The van der Waals surface area contributed by atoms with Crippen LogP contribution >= 0.6 is 11.3 Å². The zero-order chi connectivity index (χ0) is 12.9. The molecule has 3 nitrogen and oxygen atoms in total. The van der Waals surface area contributed by atoms with Gasteiger partial charge in [0.1, 0.15) is 0 Å². The molecular weight excluding hydrogens is 256 g/mol. The van der Waals surface area contributed by atoms with E-state index < -0.39 is 5.60 Å². The van der Waals surface area contributed by atoms with Gasteiger partial charge in [0.15, 0.2) is 4.96 Å². The summed E-state index contributed by atoms with van der Waals surface area (Å²) < 4.78 is 2.02. The van der Waals surface area contributed by atoms with E-state index in [9.17, 15) is 5.11 Å². The van der Waals surface area contributed by atoms with Gasteiger partial charge in [-0.1, -0.05) is 24.3 Å². The standard InChI is InChI=1S/C15H14N2OS/c18-15(7-11-3-1-2-4-12(11)8-15)9-13-10-17-5-6-19-14(17)16-13/h1-6,10,18H,7-9H2. The van der Waals surface area contributed by atoms with Crippen molar-refractivity contribution in [3.63, 3.8) is 0 Å². The van der Waals surface area contributed by atoms with Crippen LogP contribution in [0.1, 0.15) is 16.8 Å². The van der Waals surface area contributed by atoms with Crippen LogP contribution in [0.4, 0.5) is 0 Å². The van der Waals surface area contributed by atoms with Crippen LogP contribution in [0.25, 0.3) is 4.96 Å². The Hall–Kier alpha value is -1.65. The number of rotatable bonds is 2. The van der Waals surface area contributed by atoms with Gasteiger partial charge in [-0.2, -0.15) is 0 Å². The molecule has 4 rings (SSSR count). The van der Waals surface area contributed by atoms with Gasteiger partial charge < -0.3 is 5.11 Å². The van der Waals surface area contributed by atoms with Crippen LogP contribution in [-0.2, 0) is 19.3 Å². The normalized spacial score (nSPS) is 16.9. The quantitative estimate of drug-likeness (QED) is 0.776. The number of hydrogen-bond donors (Lipinski definition) is 1. The van der Waals surface area contributed by atoms with Gasteiger partial charge in [-0.3, -0.25) is 4.40 Å². The first-order valence-electron chi connectivity index (χ1n) is 6.42. The average molecular weight is 270 g/mol. The van der Waals surface area contributed by atoms with Gasteiger partial charge in [-0.15, -0.1) is 11.3 Å². The van der Waals surface area contributed by atoms with Crippen molar-refractivity contribution in [2.45, 2.75) is 24.9 Å². The molecule has 2 aromatic heterocycles. The predicted octanol–water partition coefficient (Wildman–Crippen LogP) is 2.47. The fourth-order valence-corrected chi connectivity index (χ4v) is 3.72. The van der Waals surface area contributed by atoms with Gasteiger partial charge in [0.05, 0.1) is 11.3 Å². The number of aromatic nitrogens is 2. The third-order valence-electron chi connectivity index (χ3n) is 3.81. The maximum absolute atomic E-state index is 10.8. The number of thiazole rings is 1. The van der Waals surface area contributed by atoms with Crippen LogP contribution in [0, 0.1) is 0 Å². The van der Waals surface area contributed by atoms with Crippen LogP contribution in [-0.4, -0.2) is 20.1 Å². The van der Waals surface area contributed by atoms with Crippen LogP contribution in [0.2, 0.25) is 0 Å². The number of benzene rings is 1. The molecule has 1 aromatic carbocycles. The SMILES string of the molecule is OC1(Cc2cn3ccsc3n2)Cc2ccccc2C1. The molecule has 0 aliphatic heterocycles. The lowest BCUT2D eigenvalue weighted by atomic mass is 9.95. The third-order valence-corrected chi connectivity index (χ3v) is 4.58. The molecule has 0 bridgehead atoms. The first-order valence-corrected chi connectivity index (χ1v) is 7.30. The minimum atomic E-state index is -0.673. The fourth-order valence-electron chi connectivity index (χ4n) is 3.00. The van der Waals surface area contributed by atoms with E-state index >= 15 is 0 Å². The summed E-state index contributed by atoms with van der Waals surface area (Å²) in [6, 6.07) is 8.30. The van der Waals surface area contributed by atoms with E-state index in [-0.39, 0.29) is 0 Å². The monoisotopic (exact) mass is 270 g/mol. The molecule has 1 aliphatic rings. The minimum Gasteiger partial charge on any atom is -0.389 e. The first kappa shape index (κ1) is 11.2. The van der Waals surface area contributed by atoms with Crippen LogP contribution in [0.15, 0.2) is 42.0 Å². The number of aliphatic hydroxyl groups is 1. The van der Waals surface area contributed by atoms with Gasteiger partial charge >= 0.3 is 0 Å². The van der Waals surface area contributed by atoms with Crippen molar-refractivity contribution in [1.82, 2.24) is 9.38 Å². The summed E-state index contributed by atoms with van der Waals surface area (Å²) in [7, 11) is 0. The summed E-state index contributed by atoms with van der Waals surface area (Å²) in [5.74, 6) is 0. The van der Waals surface area contributed by atoms with Crippen LogP contribution < -0.4 is 0 Å². The second-order valence-electron chi connectivity index (χ2n) is 5.35. The summed E-state index contributed by atoms with van der Waals surface area (Å²) >= 11 is 1.62. The molecule has 0 saturated carbocycles. The summed E-state index contributed by atoms with van der Waals surface area (Å²) in [6.07, 6.45) is 6.11. The lowest BCUT2D eigenvalue weighted by Gasteiger charge is -2.20. The van der Waals surface area contributed by atoms with E-state index in [0.29, 0.717) is 6.42 Å². The number of fused-ring (bicyclic) bond motifs is 2. The van der Waals surface area contributed by atoms with Crippen molar-refractivity contribution in [3.8, 4) is 0 Å². The summed E-state index contributed by atoms with van der Waals surface area (Å²) in [4.78, 5) is 5.56. The van der Waals surface area contributed by atoms with E-state index in [4.69, 9.17) is 0 Å². The highest BCUT2D eigenvalue weighted by atomic mass is 32.1. The molecule has 0 saturated heterocycles. The molecule has 3 aromatic rings. The Balaban J connectivity index is 1.62. The molecule has 0 fully saturated rings. The van der Waals surface area contributed by atoms with Crippen LogP contribution in [0.3, 0.4) is 0 Å². The Bertz CT molecular complexity index is 690. The van der Waals surface area contributed by atoms with Gasteiger partial charge in [0.25, 0.3) is 0 Å². The highest BCUT2D eigenvalue weighted by Crippen LogP contribution is 2.32. The second kappa shape index (κ2) is 3.92. The molecule has 0 unspecified atom stereocenters. The van der Waals surface area contributed by atoms with Gasteiger partial charge in [0, 0.05) is 37.0 Å². The molecule has 2 heterocycles. The van der Waals surface area contributed by atoms with Gasteiger partial charge in [0.2, 0.25) is 0 Å². The fraction of sp³-hybridized carbons (Fsp3) is 0.267.